The Labute approximate surface area is 191 Å². The Hall–Kier alpha value is -3.67. The molecule has 0 aliphatic heterocycles. The van der Waals surface area contributed by atoms with Gasteiger partial charge in [0, 0.05) is 6.42 Å². The number of aliphatic hydroxyl groups excluding tert-OH is 1. The molecule has 0 heterocycles. The normalized spacial score (nSPS) is 12.6. The van der Waals surface area contributed by atoms with Gasteiger partial charge in [0.15, 0.2) is 0 Å². The minimum atomic E-state index is -1.54. The average molecular weight is 466 g/mol. The van der Waals surface area contributed by atoms with Crippen molar-refractivity contribution in [2.75, 3.05) is 19.7 Å². The topological polar surface area (TPSA) is 183 Å². The van der Waals surface area contributed by atoms with Gasteiger partial charge in [-0.3, -0.25) is 14.4 Å². The van der Waals surface area contributed by atoms with Crippen molar-refractivity contribution in [1.29, 1.82) is 0 Å². The smallest absolute Gasteiger partial charge is 0.408 e. The van der Waals surface area contributed by atoms with Crippen LogP contribution in [-0.4, -0.2) is 77.4 Å². The number of aliphatic carboxylic acids is 1. The Bertz CT molecular complexity index is 838. The van der Waals surface area contributed by atoms with Gasteiger partial charge < -0.3 is 36.2 Å². The molecule has 0 saturated heterocycles. The van der Waals surface area contributed by atoms with E-state index in [-0.39, 0.29) is 6.42 Å². The van der Waals surface area contributed by atoms with Gasteiger partial charge >= 0.3 is 12.1 Å². The van der Waals surface area contributed by atoms with Crippen molar-refractivity contribution in [3.63, 3.8) is 0 Å². The number of aliphatic hydroxyl groups is 1. The fourth-order valence-electron chi connectivity index (χ4n) is 2.47. The molecule has 2 atom stereocenters. The summed E-state index contributed by atoms with van der Waals surface area (Å²) >= 11 is 0. The molecule has 0 bridgehead atoms. The van der Waals surface area contributed by atoms with E-state index < -0.39 is 67.2 Å². The number of carboxylic acids is 1. The first-order chi connectivity index (χ1) is 15.4. The lowest BCUT2D eigenvalue weighted by Crippen LogP contribution is -2.55. The summed E-state index contributed by atoms with van der Waals surface area (Å²) in [5.74, 6) is -3.62. The Kier molecular flexibility index (Phi) is 10.8. The predicted molar refractivity (Wildman–Crippen MR) is 116 cm³/mol. The van der Waals surface area contributed by atoms with Crippen LogP contribution in [0.15, 0.2) is 30.3 Å². The molecule has 0 spiro atoms. The zero-order valence-corrected chi connectivity index (χ0v) is 18.7. The van der Waals surface area contributed by atoms with Crippen molar-refractivity contribution in [3.8, 4) is 0 Å². The molecule has 1 aromatic carbocycles. The van der Waals surface area contributed by atoms with Gasteiger partial charge in [0.05, 0.1) is 13.2 Å². The maximum atomic E-state index is 12.5. The van der Waals surface area contributed by atoms with Gasteiger partial charge in [0.25, 0.3) is 0 Å². The molecule has 0 fully saturated rings. The van der Waals surface area contributed by atoms with E-state index in [1.165, 1.54) is 0 Å². The largest absolute Gasteiger partial charge is 0.480 e. The first-order valence-electron chi connectivity index (χ1n) is 10.1. The highest BCUT2D eigenvalue weighted by Gasteiger charge is 2.26. The zero-order valence-electron chi connectivity index (χ0n) is 18.7. The van der Waals surface area contributed by atoms with Crippen molar-refractivity contribution in [2.45, 2.75) is 44.9 Å². The van der Waals surface area contributed by atoms with Crippen LogP contribution in [0, 0.1) is 0 Å². The number of hydrogen-bond donors (Lipinski definition) is 6. The number of alkyl carbamates (subject to hydrolysis) is 1. The van der Waals surface area contributed by atoms with Crippen molar-refractivity contribution in [1.82, 2.24) is 21.3 Å². The number of hydrogen-bond acceptors (Lipinski definition) is 7. The number of rotatable bonds is 11. The molecule has 1 rings (SSSR count). The summed E-state index contributed by atoms with van der Waals surface area (Å²) in [6, 6.07) is 5.98. The number of amides is 4. The predicted octanol–water partition coefficient (Wildman–Crippen LogP) is -1.08. The fraction of sp³-hybridized carbons (Fsp3) is 0.476. The summed E-state index contributed by atoms with van der Waals surface area (Å²) in [5.41, 5.74) is -0.0378. The standard InChI is InChI=1S/C21H30N4O8/c1-21(2,3)33-20(32)23-10-16(27)22-11-17(28)24-14(9-13-7-5-4-6-8-13)18(29)25-15(12-26)19(30)31/h4-8,14-15,26H,9-12H2,1-3H3,(H,22,27)(H,23,32)(H,24,28)(H,25,29)(H,30,31)/t14-,15-/m0/s1. The molecular weight excluding hydrogens is 436 g/mol. The number of carboxylic acid groups (broad SMARTS) is 1. The number of benzene rings is 1. The maximum absolute atomic E-state index is 12.5. The van der Waals surface area contributed by atoms with Crippen molar-refractivity contribution in [2.24, 2.45) is 0 Å². The highest BCUT2D eigenvalue weighted by atomic mass is 16.6. The molecule has 33 heavy (non-hydrogen) atoms. The Morgan fingerprint density at radius 3 is 2.06 bits per heavy atom. The number of nitrogens with one attached hydrogen (secondary N) is 4. The third-order valence-corrected chi connectivity index (χ3v) is 3.97. The maximum Gasteiger partial charge on any atom is 0.408 e. The van der Waals surface area contributed by atoms with E-state index in [0.717, 1.165) is 0 Å². The number of carbonyl (C=O) groups is 5. The second kappa shape index (κ2) is 13.0. The van der Waals surface area contributed by atoms with E-state index >= 15 is 0 Å². The van der Waals surface area contributed by atoms with E-state index in [0.29, 0.717) is 5.56 Å². The van der Waals surface area contributed by atoms with Gasteiger partial charge in [-0.1, -0.05) is 30.3 Å². The van der Waals surface area contributed by atoms with Gasteiger partial charge in [-0.15, -0.1) is 0 Å². The second-order valence-corrected chi connectivity index (χ2v) is 8.02. The molecule has 0 aliphatic rings. The molecular formula is C21H30N4O8. The lowest BCUT2D eigenvalue weighted by atomic mass is 10.0. The minimum absolute atomic E-state index is 0.0460. The fourth-order valence-corrected chi connectivity index (χ4v) is 2.47. The van der Waals surface area contributed by atoms with Crippen LogP contribution in [0.2, 0.25) is 0 Å². The van der Waals surface area contributed by atoms with Crippen LogP contribution in [0.4, 0.5) is 4.79 Å². The van der Waals surface area contributed by atoms with E-state index in [1.807, 2.05) is 0 Å². The van der Waals surface area contributed by atoms with Crippen LogP contribution in [0.3, 0.4) is 0 Å². The van der Waals surface area contributed by atoms with E-state index in [2.05, 4.69) is 21.3 Å². The van der Waals surface area contributed by atoms with Crippen LogP contribution in [0.1, 0.15) is 26.3 Å². The first kappa shape index (κ1) is 27.4. The lowest BCUT2D eigenvalue weighted by Gasteiger charge is -2.21. The first-order valence-corrected chi connectivity index (χ1v) is 10.1. The number of ether oxygens (including phenoxy) is 1. The van der Waals surface area contributed by atoms with Crippen LogP contribution in [0.5, 0.6) is 0 Å². The van der Waals surface area contributed by atoms with Crippen molar-refractivity contribution >= 4 is 29.8 Å². The van der Waals surface area contributed by atoms with Gasteiger partial charge in [-0.25, -0.2) is 9.59 Å². The molecule has 0 aliphatic carbocycles. The molecule has 12 heteroatoms. The monoisotopic (exact) mass is 466 g/mol. The third kappa shape index (κ3) is 11.5. The summed E-state index contributed by atoms with van der Waals surface area (Å²) in [7, 11) is 0. The minimum Gasteiger partial charge on any atom is -0.480 e. The van der Waals surface area contributed by atoms with E-state index in [4.69, 9.17) is 14.9 Å². The summed E-state index contributed by atoms with van der Waals surface area (Å²) in [6.07, 6.45) is -0.747. The molecule has 1 aromatic rings. The van der Waals surface area contributed by atoms with Gasteiger partial charge in [0.2, 0.25) is 17.7 Å². The lowest BCUT2D eigenvalue weighted by molar-refractivity contribution is -0.143. The SMILES string of the molecule is CC(C)(C)OC(=O)NCC(=O)NCC(=O)N[C@@H](Cc1ccccc1)C(=O)N[C@@H](CO)C(=O)O. The molecule has 0 saturated carbocycles. The summed E-state index contributed by atoms with van der Waals surface area (Å²) in [5, 5.41) is 27.3. The molecule has 0 aromatic heterocycles. The summed E-state index contributed by atoms with van der Waals surface area (Å²) < 4.78 is 4.99. The van der Waals surface area contributed by atoms with E-state index in [1.54, 1.807) is 51.1 Å². The van der Waals surface area contributed by atoms with Crippen LogP contribution >= 0.6 is 0 Å². The van der Waals surface area contributed by atoms with Gasteiger partial charge in [-0.2, -0.15) is 0 Å². The Morgan fingerprint density at radius 2 is 1.52 bits per heavy atom. The third-order valence-electron chi connectivity index (χ3n) is 3.97. The van der Waals surface area contributed by atoms with Crippen molar-refractivity contribution in [3.05, 3.63) is 35.9 Å². The molecule has 12 nitrogen and oxygen atoms in total. The molecule has 0 radical (unpaired) electrons. The molecule has 0 unspecified atom stereocenters. The van der Waals surface area contributed by atoms with Crippen molar-refractivity contribution < 1.29 is 38.9 Å². The van der Waals surface area contributed by atoms with Gasteiger partial charge in [0.1, 0.15) is 24.2 Å². The van der Waals surface area contributed by atoms with Crippen LogP contribution < -0.4 is 21.3 Å². The van der Waals surface area contributed by atoms with Gasteiger partial charge in [-0.05, 0) is 26.3 Å². The molecule has 6 N–H and O–H groups in total. The summed E-state index contributed by atoms with van der Waals surface area (Å²) in [6.45, 7) is 3.26. The number of carbonyl (C=O) groups excluding carboxylic acids is 4. The van der Waals surface area contributed by atoms with Crippen LogP contribution in [-0.2, 0) is 30.3 Å². The highest BCUT2D eigenvalue weighted by Crippen LogP contribution is 2.06. The zero-order chi connectivity index (χ0) is 25.0. The highest BCUT2D eigenvalue weighted by molar-refractivity contribution is 5.92. The summed E-state index contributed by atoms with van der Waals surface area (Å²) in [4.78, 5) is 59.3. The Balaban J connectivity index is 2.65. The molecule has 182 valence electrons. The van der Waals surface area contributed by atoms with E-state index in [9.17, 15) is 24.0 Å². The van der Waals surface area contributed by atoms with Crippen LogP contribution in [0.25, 0.3) is 0 Å². The second-order valence-electron chi connectivity index (χ2n) is 8.02. The average Bonchev–Trinajstić information content (AvgIpc) is 2.73. The molecule has 4 amide bonds. The quantitative estimate of drug-likeness (QED) is 0.238. The Morgan fingerprint density at radius 1 is 0.909 bits per heavy atom.